The molecule has 0 bridgehead atoms. The summed E-state index contributed by atoms with van der Waals surface area (Å²) in [6.07, 6.45) is 3.62. The quantitative estimate of drug-likeness (QED) is 0.270. The zero-order valence-electron chi connectivity index (χ0n) is 22.0. The van der Waals surface area contributed by atoms with Gasteiger partial charge in [-0.15, -0.1) is 0 Å². The number of carbonyl (C=O) groups is 1. The van der Waals surface area contributed by atoms with Crippen molar-refractivity contribution in [2.45, 2.75) is 39.3 Å². The predicted molar refractivity (Wildman–Crippen MR) is 151 cm³/mol. The van der Waals surface area contributed by atoms with Gasteiger partial charge in [0.1, 0.15) is 11.6 Å². The number of nitrogens with one attached hydrogen (secondary N) is 1. The van der Waals surface area contributed by atoms with Crippen molar-refractivity contribution in [2.24, 2.45) is 0 Å². The summed E-state index contributed by atoms with van der Waals surface area (Å²) in [5.74, 6) is 0.551. The van der Waals surface area contributed by atoms with E-state index in [0.717, 1.165) is 34.9 Å². The highest BCUT2D eigenvalue weighted by Gasteiger charge is 2.36. The fourth-order valence-electron chi connectivity index (χ4n) is 5.39. The van der Waals surface area contributed by atoms with Gasteiger partial charge in [0.05, 0.1) is 29.7 Å². The Labute approximate surface area is 227 Å². The van der Waals surface area contributed by atoms with Crippen LogP contribution < -0.4 is 5.32 Å². The van der Waals surface area contributed by atoms with Crippen LogP contribution in [-0.4, -0.2) is 25.3 Å². The summed E-state index contributed by atoms with van der Waals surface area (Å²) in [5, 5.41) is 8.08. The molecule has 7 heteroatoms. The van der Waals surface area contributed by atoms with Crippen LogP contribution >= 0.6 is 0 Å². The highest BCUT2D eigenvalue weighted by Crippen LogP contribution is 2.39. The molecule has 1 aliphatic rings. The van der Waals surface area contributed by atoms with E-state index >= 15 is 0 Å². The third-order valence-corrected chi connectivity index (χ3v) is 7.34. The van der Waals surface area contributed by atoms with Gasteiger partial charge in [0, 0.05) is 17.4 Å². The first-order chi connectivity index (χ1) is 19.1. The first-order valence-electron chi connectivity index (χ1n) is 13.3. The van der Waals surface area contributed by atoms with Gasteiger partial charge in [-0.05, 0) is 72.5 Å². The largest absolute Gasteiger partial charge is 0.322 e. The molecule has 0 fully saturated rings. The van der Waals surface area contributed by atoms with E-state index in [0.29, 0.717) is 24.2 Å². The third-order valence-electron chi connectivity index (χ3n) is 7.34. The molecule has 39 heavy (non-hydrogen) atoms. The molecule has 1 N–H and O–H groups in total. The minimum absolute atomic E-state index is 0.261. The lowest BCUT2D eigenvalue weighted by Gasteiger charge is -2.31. The molecule has 5 aromatic rings. The summed E-state index contributed by atoms with van der Waals surface area (Å²) in [5.41, 5.74) is 6.29. The zero-order chi connectivity index (χ0) is 26.9. The highest BCUT2D eigenvalue weighted by molar-refractivity contribution is 5.90. The summed E-state index contributed by atoms with van der Waals surface area (Å²) in [7, 11) is 0. The van der Waals surface area contributed by atoms with E-state index in [9.17, 15) is 9.18 Å². The molecule has 0 aliphatic carbocycles. The first-order valence-corrected chi connectivity index (χ1v) is 13.3. The fraction of sp³-hybridized carbons (Fsp3) is 0.188. The normalized spacial score (nSPS) is 14.4. The summed E-state index contributed by atoms with van der Waals surface area (Å²) in [6, 6.07) is 27.6. The van der Waals surface area contributed by atoms with Crippen molar-refractivity contribution >= 4 is 11.7 Å². The molecular formula is C32H30FN5O. The van der Waals surface area contributed by atoms with Gasteiger partial charge in [0.25, 0.3) is 0 Å². The SMILES string of the molecule is CCc1ccc(NC(=O)N2Cc3c(CC)nn(-c4ccccc4)c3-n3cccc3[C@@H]2c2cccc(F)c2)cc1. The van der Waals surface area contributed by atoms with Gasteiger partial charge in [0.2, 0.25) is 0 Å². The Morgan fingerprint density at radius 1 is 0.949 bits per heavy atom. The number of halogens is 1. The van der Waals surface area contributed by atoms with Crippen LogP contribution in [0.3, 0.4) is 0 Å². The minimum Gasteiger partial charge on any atom is -0.308 e. The number of aryl methyl sites for hydroxylation is 2. The molecule has 2 amide bonds. The maximum Gasteiger partial charge on any atom is 0.322 e. The second-order valence-electron chi connectivity index (χ2n) is 9.72. The average Bonchev–Trinajstić information content (AvgIpc) is 3.55. The van der Waals surface area contributed by atoms with E-state index in [-0.39, 0.29) is 11.8 Å². The van der Waals surface area contributed by atoms with E-state index in [2.05, 4.69) is 23.7 Å². The van der Waals surface area contributed by atoms with E-state index in [1.54, 1.807) is 11.0 Å². The van der Waals surface area contributed by atoms with Crippen LogP contribution in [0.1, 0.15) is 48.0 Å². The summed E-state index contributed by atoms with van der Waals surface area (Å²) in [4.78, 5) is 15.8. The number of nitrogens with zero attached hydrogens (tertiary/aromatic N) is 4. The van der Waals surface area contributed by atoms with Crippen LogP contribution in [0.25, 0.3) is 11.5 Å². The van der Waals surface area contributed by atoms with E-state index in [1.807, 2.05) is 83.7 Å². The Kier molecular flexibility index (Phi) is 6.49. The molecule has 0 spiro atoms. The van der Waals surface area contributed by atoms with Crippen molar-refractivity contribution in [1.29, 1.82) is 0 Å². The summed E-state index contributed by atoms with van der Waals surface area (Å²) in [6.45, 7) is 4.48. The second-order valence-corrected chi connectivity index (χ2v) is 9.72. The van der Waals surface area contributed by atoms with Crippen LogP contribution in [0, 0.1) is 5.82 Å². The smallest absolute Gasteiger partial charge is 0.308 e. The molecule has 3 aromatic carbocycles. The minimum atomic E-state index is -0.521. The molecule has 196 valence electrons. The van der Waals surface area contributed by atoms with Gasteiger partial charge in [-0.1, -0.05) is 56.3 Å². The molecule has 1 aliphatic heterocycles. The molecule has 0 unspecified atom stereocenters. The molecule has 0 saturated heterocycles. The average molecular weight is 520 g/mol. The Balaban J connectivity index is 1.53. The van der Waals surface area contributed by atoms with Crippen LogP contribution in [0.4, 0.5) is 14.9 Å². The number of urea groups is 1. The molecule has 0 radical (unpaired) electrons. The number of anilines is 1. The maximum atomic E-state index is 14.5. The lowest BCUT2D eigenvalue weighted by atomic mass is 10.0. The number of rotatable bonds is 5. The summed E-state index contributed by atoms with van der Waals surface area (Å²) >= 11 is 0. The number of fused-ring (bicyclic) bond motifs is 3. The van der Waals surface area contributed by atoms with Crippen molar-refractivity contribution in [1.82, 2.24) is 19.2 Å². The van der Waals surface area contributed by atoms with Gasteiger partial charge < -0.3 is 14.8 Å². The van der Waals surface area contributed by atoms with Crippen molar-refractivity contribution < 1.29 is 9.18 Å². The van der Waals surface area contributed by atoms with Crippen LogP contribution in [0.5, 0.6) is 0 Å². The topological polar surface area (TPSA) is 55.1 Å². The van der Waals surface area contributed by atoms with Crippen molar-refractivity contribution in [2.75, 3.05) is 5.32 Å². The van der Waals surface area contributed by atoms with Crippen LogP contribution in [-0.2, 0) is 19.4 Å². The number of carbonyl (C=O) groups excluding carboxylic acids is 1. The number of hydrogen-bond acceptors (Lipinski definition) is 2. The van der Waals surface area contributed by atoms with Gasteiger partial charge in [-0.25, -0.2) is 13.9 Å². The van der Waals surface area contributed by atoms with Gasteiger partial charge in [0.15, 0.2) is 0 Å². The monoisotopic (exact) mass is 519 g/mol. The first kappa shape index (κ1) is 24.7. The molecule has 2 aromatic heterocycles. The second kappa shape index (κ2) is 10.3. The molecule has 6 nitrogen and oxygen atoms in total. The van der Waals surface area contributed by atoms with Gasteiger partial charge in [-0.2, -0.15) is 5.10 Å². The predicted octanol–water partition coefficient (Wildman–Crippen LogP) is 7.06. The maximum absolute atomic E-state index is 14.5. The summed E-state index contributed by atoms with van der Waals surface area (Å²) < 4.78 is 18.6. The highest BCUT2D eigenvalue weighted by atomic mass is 19.1. The zero-order valence-corrected chi connectivity index (χ0v) is 22.0. The third kappa shape index (κ3) is 4.50. The number of amides is 2. The van der Waals surface area contributed by atoms with Crippen molar-refractivity contribution in [3.05, 3.63) is 131 Å². The van der Waals surface area contributed by atoms with E-state index < -0.39 is 6.04 Å². The molecule has 0 saturated carbocycles. The van der Waals surface area contributed by atoms with Gasteiger partial charge in [-0.3, -0.25) is 0 Å². The molecule has 6 rings (SSSR count). The van der Waals surface area contributed by atoms with Gasteiger partial charge >= 0.3 is 6.03 Å². The Hall–Kier alpha value is -4.65. The number of para-hydroxylation sites is 1. The van der Waals surface area contributed by atoms with Crippen LogP contribution in [0.2, 0.25) is 0 Å². The Morgan fingerprint density at radius 3 is 2.46 bits per heavy atom. The Morgan fingerprint density at radius 2 is 1.74 bits per heavy atom. The van der Waals surface area contributed by atoms with Crippen molar-refractivity contribution in [3.63, 3.8) is 0 Å². The van der Waals surface area contributed by atoms with Crippen LogP contribution in [0.15, 0.2) is 97.2 Å². The van der Waals surface area contributed by atoms with E-state index in [1.165, 1.54) is 17.7 Å². The lowest BCUT2D eigenvalue weighted by molar-refractivity contribution is 0.194. The number of benzene rings is 3. The standard InChI is InChI=1S/C32H30FN5O/c1-3-22-15-17-25(18-16-22)34-32(39)37-21-27-28(4-2)35-38(26-12-6-5-7-13-26)31(27)36-19-9-14-29(36)30(37)23-10-8-11-24(33)20-23/h5-20,30H,3-4,21H2,1-2H3,(H,34,39)/t30-/m0/s1. The Bertz CT molecular complexity index is 1620. The van der Waals surface area contributed by atoms with E-state index in [4.69, 9.17) is 5.10 Å². The molecule has 1 atom stereocenters. The lowest BCUT2D eigenvalue weighted by Crippen LogP contribution is -2.38. The number of aromatic nitrogens is 3. The molecule has 3 heterocycles. The number of hydrogen-bond donors (Lipinski definition) is 1. The van der Waals surface area contributed by atoms with Crippen molar-refractivity contribution in [3.8, 4) is 11.5 Å². The molecular weight excluding hydrogens is 489 g/mol. The fourth-order valence-corrected chi connectivity index (χ4v) is 5.39.